The Morgan fingerprint density at radius 2 is 1.62 bits per heavy atom. The van der Waals surface area contributed by atoms with Crippen molar-refractivity contribution in [2.45, 2.75) is 14.7 Å². The fraction of sp³-hybridized carbons (Fsp3) is 0. The Hall–Kier alpha value is -2.71. The van der Waals surface area contributed by atoms with Crippen LogP contribution >= 0.6 is 12.6 Å². The second kappa shape index (κ2) is 6.14. The highest BCUT2D eigenvalue weighted by atomic mass is 32.2. The van der Waals surface area contributed by atoms with Gasteiger partial charge in [0.15, 0.2) is 5.75 Å². The number of benzene rings is 2. The van der Waals surface area contributed by atoms with Gasteiger partial charge in [-0.3, -0.25) is 13.9 Å². The minimum atomic E-state index is -4.57. The van der Waals surface area contributed by atoms with Crippen LogP contribution in [0.15, 0.2) is 50.0 Å². The van der Waals surface area contributed by atoms with E-state index in [4.69, 9.17) is 4.55 Å². The smallest absolute Gasteiger partial charge is 0.294 e. The molecule has 0 unspecified atom stereocenters. The maximum absolute atomic E-state index is 12.7. The van der Waals surface area contributed by atoms with Crippen molar-refractivity contribution in [2.75, 3.05) is 0 Å². The number of nitrogens with zero attached hydrogens (tertiary/aromatic N) is 1. The molecule has 10 nitrogen and oxygen atoms in total. The first-order chi connectivity index (χ1) is 13.4. The maximum atomic E-state index is 12.7. The van der Waals surface area contributed by atoms with Crippen molar-refractivity contribution < 1.29 is 35.8 Å². The monoisotopic (exact) mass is 454 g/mol. The summed E-state index contributed by atoms with van der Waals surface area (Å²) >= 11 is 4.14. The molecule has 0 fully saturated rings. The Kier molecular flexibility index (Phi) is 4.15. The molecule has 13 heteroatoms. The molecule has 0 atom stereocenters. The Labute approximate surface area is 168 Å². The molecule has 0 bridgehead atoms. The molecule has 0 aliphatic carbocycles. The number of hydrogen-bond acceptors (Lipinski definition) is 8. The van der Waals surface area contributed by atoms with Gasteiger partial charge in [-0.25, -0.2) is 4.99 Å². The molecule has 2 heterocycles. The standard InChI is InChI=1S/C16H10N2O8S3/c19-15-8-3-6(28(21,22)23)1-2-10(8)17-13(15)14-16(20)9-4-7(29(24,25)26)5-11(27)12(9)18-14/h1-5,18,20,27H,(H,21,22,23)(H,24,25,26). The lowest BCUT2D eigenvalue weighted by molar-refractivity contribution is 0.106. The van der Waals surface area contributed by atoms with Crippen LogP contribution in [-0.4, -0.2) is 47.5 Å². The summed E-state index contributed by atoms with van der Waals surface area (Å²) in [4.78, 5) is 18.6. The Bertz CT molecular complexity index is 1480. The first-order valence-corrected chi connectivity index (χ1v) is 11.0. The van der Waals surface area contributed by atoms with E-state index < -0.39 is 41.6 Å². The third-order valence-electron chi connectivity index (χ3n) is 4.33. The first-order valence-electron chi connectivity index (χ1n) is 7.68. The number of fused-ring (bicyclic) bond motifs is 2. The van der Waals surface area contributed by atoms with Gasteiger partial charge in [-0.2, -0.15) is 16.8 Å². The molecule has 4 N–H and O–H groups in total. The SMILES string of the molecule is O=C1C(c2[nH]c3c(S)cc(S(=O)(=O)O)cc3c2O)=Nc2ccc(S(=O)(=O)O)cc21. The van der Waals surface area contributed by atoms with Crippen molar-refractivity contribution >= 4 is 61.0 Å². The molecule has 0 radical (unpaired) electrons. The number of rotatable bonds is 3. The van der Waals surface area contributed by atoms with Gasteiger partial charge in [0.05, 0.1) is 26.6 Å². The van der Waals surface area contributed by atoms with E-state index in [9.17, 15) is 31.3 Å². The number of aliphatic imine (C=N–C) groups is 1. The summed E-state index contributed by atoms with van der Waals surface area (Å²) in [5.74, 6) is -1.22. The van der Waals surface area contributed by atoms with Gasteiger partial charge in [0, 0.05) is 10.3 Å². The van der Waals surface area contributed by atoms with Crippen LogP contribution in [0.2, 0.25) is 0 Å². The Morgan fingerprint density at radius 1 is 0.966 bits per heavy atom. The molecule has 3 aromatic rings. The molecule has 1 aliphatic heterocycles. The van der Waals surface area contributed by atoms with E-state index in [1.807, 2.05) is 0 Å². The number of carbonyl (C=O) groups excluding carboxylic acids is 1. The Morgan fingerprint density at radius 3 is 2.24 bits per heavy atom. The van der Waals surface area contributed by atoms with E-state index in [0.717, 1.165) is 24.3 Å². The maximum Gasteiger partial charge on any atom is 0.294 e. The van der Waals surface area contributed by atoms with Gasteiger partial charge in [-0.15, -0.1) is 12.6 Å². The highest BCUT2D eigenvalue weighted by molar-refractivity contribution is 7.86. The molecule has 0 spiro atoms. The number of carbonyl (C=O) groups is 1. The van der Waals surface area contributed by atoms with Crippen molar-refractivity contribution in [3.63, 3.8) is 0 Å². The number of aromatic nitrogens is 1. The van der Waals surface area contributed by atoms with Gasteiger partial charge in [0.25, 0.3) is 20.2 Å². The fourth-order valence-corrected chi connectivity index (χ4v) is 4.42. The van der Waals surface area contributed by atoms with Gasteiger partial charge in [0.1, 0.15) is 11.4 Å². The molecular weight excluding hydrogens is 444 g/mol. The van der Waals surface area contributed by atoms with Crippen LogP contribution in [0, 0.1) is 0 Å². The molecule has 0 amide bonds. The summed E-state index contributed by atoms with van der Waals surface area (Å²) in [5, 5.41) is 10.5. The summed E-state index contributed by atoms with van der Waals surface area (Å²) in [6, 6.07) is 5.32. The normalized spacial score (nSPS) is 14.3. The summed E-state index contributed by atoms with van der Waals surface area (Å²) in [5.41, 5.74) is -0.170. The first kappa shape index (κ1) is 19.6. The minimum Gasteiger partial charge on any atom is -0.505 e. The zero-order valence-electron chi connectivity index (χ0n) is 14.0. The quantitative estimate of drug-likeness (QED) is 0.295. The number of thiol groups is 1. The largest absolute Gasteiger partial charge is 0.505 e. The number of aromatic hydroxyl groups is 1. The van der Waals surface area contributed by atoms with E-state index in [-0.39, 0.29) is 38.5 Å². The molecular formula is C16H10N2O8S3. The summed E-state index contributed by atoms with van der Waals surface area (Å²) < 4.78 is 63.8. The van der Waals surface area contributed by atoms with E-state index in [2.05, 4.69) is 22.6 Å². The van der Waals surface area contributed by atoms with Crippen LogP contribution < -0.4 is 0 Å². The average molecular weight is 454 g/mol. The molecule has 2 aromatic carbocycles. The van der Waals surface area contributed by atoms with Gasteiger partial charge >= 0.3 is 0 Å². The van der Waals surface area contributed by atoms with E-state index in [1.54, 1.807) is 0 Å². The van der Waals surface area contributed by atoms with Crippen LogP contribution in [0.5, 0.6) is 5.75 Å². The van der Waals surface area contributed by atoms with Gasteiger partial charge in [-0.1, -0.05) is 0 Å². The van der Waals surface area contributed by atoms with Crippen molar-refractivity contribution in [1.82, 2.24) is 4.98 Å². The van der Waals surface area contributed by atoms with Crippen molar-refractivity contribution in [1.29, 1.82) is 0 Å². The van der Waals surface area contributed by atoms with Crippen LogP contribution in [0.3, 0.4) is 0 Å². The van der Waals surface area contributed by atoms with Crippen LogP contribution in [-0.2, 0) is 20.2 Å². The second-order valence-electron chi connectivity index (χ2n) is 6.13. The molecule has 1 aromatic heterocycles. The van der Waals surface area contributed by atoms with Crippen LogP contribution in [0.4, 0.5) is 5.69 Å². The Balaban J connectivity index is 1.89. The van der Waals surface area contributed by atoms with Gasteiger partial charge < -0.3 is 10.1 Å². The van der Waals surface area contributed by atoms with Crippen molar-refractivity contribution in [3.8, 4) is 5.75 Å². The van der Waals surface area contributed by atoms with Crippen LogP contribution in [0.25, 0.3) is 10.9 Å². The lowest BCUT2D eigenvalue weighted by Crippen LogP contribution is -2.12. The number of hydrogen-bond donors (Lipinski definition) is 5. The zero-order chi connectivity index (χ0) is 21.3. The minimum absolute atomic E-state index is 0.0230. The molecule has 29 heavy (non-hydrogen) atoms. The molecule has 0 saturated heterocycles. The summed E-state index contributed by atoms with van der Waals surface area (Å²) in [7, 11) is -9.10. The molecule has 1 aliphatic rings. The third-order valence-corrected chi connectivity index (χ3v) is 6.36. The number of ketones is 1. The predicted molar refractivity (Wildman–Crippen MR) is 104 cm³/mol. The number of aromatic amines is 1. The predicted octanol–water partition coefficient (Wildman–Crippen LogP) is 1.97. The number of nitrogens with one attached hydrogen (secondary N) is 1. The number of Topliss-reactive ketones (excluding diaryl/α,β-unsaturated/α-hetero) is 1. The van der Waals surface area contributed by atoms with Crippen molar-refractivity contribution in [3.05, 3.63) is 41.6 Å². The van der Waals surface area contributed by atoms with Crippen LogP contribution in [0.1, 0.15) is 16.1 Å². The van der Waals surface area contributed by atoms with Gasteiger partial charge in [0.2, 0.25) is 5.78 Å². The molecule has 4 rings (SSSR count). The lowest BCUT2D eigenvalue weighted by Gasteiger charge is -2.00. The van der Waals surface area contributed by atoms with Gasteiger partial charge in [-0.05, 0) is 30.3 Å². The average Bonchev–Trinajstić information content (AvgIpc) is 3.11. The lowest BCUT2D eigenvalue weighted by atomic mass is 10.1. The molecule has 150 valence electrons. The molecule has 0 saturated carbocycles. The van der Waals surface area contributed by atoms with E-state index in [1.165, 1.54) is 6.07 Å². The highest BCUT2D eigenvalue weighted by Crippen LogP contribution is 2.38. The fourth-order valence-electron chi connectivity index (χ4n) is 2.98. The summed E-state index contributed by atoms with van der Waals surface area (Å²) in [6.07, 6.45) is 0. The van der Waals surface area contributed by atoms with E-state index in [0.29, 0.717) is 0 Å². The topological polar surface area (TPSA) is 174 Å². The number of H-pyrrole nitrogens is 1. The van der Waals surface area contributed by atoms with Crippen molar-refractivity contribution in [2.24, 2.45) is 4.99 Å². The second-order valence-corrected chi connectivity index (χ2v) is 9.46. The highest BCUT2D eigenvalue weighted by Gasteiger charge is 2.31. The zero-order valence-corrected chi connectivity index (χ0v) is 16.5. The third kappa shape index (κ3) is 3.12. The van der Waals surface area contributed by atoms with E-state index >= 15 is 0 Å². The summed E-state index contributed by atoms with van der Waals surface area (Å²) in [6.45, 7) is 0.